The Kier molecular flexibility index (Phi) is 6.60. The van der Waals surface area contributed by atoms with Gasteiger partial charge in [0, 0.05) is 23.9 Å². The van der Waals surface area contributed by atoms with Crippen LogP contribution in [0.25, 0.3) is 5.57 Å². The van der Waals surface area contributed by atoms with E-state index in [9.17, 15) is 4.79 Å². The molecular formula is C12H18Cl2N3O-. The molecule has 6 heteroatoms. The summed E-state index contributed by atoms with van der Waals surface area (Å²) in [5.74, 6) is 0.840. The molecule has 0 aromatic carbocycles. The first-order valence-electron chi connectivity index (χ1n) is 5.68. The largest absolute Gasteiger partial charge is 1.00 e. The Labute approximate surface area is 120 Å². The van der Waals surface area contributed by atoms with Crippen LogP contribution in [-0.2, 0) is 0 Å². The van der Waals surface area contributed by atoms with Crippen LogP contribution in [0.15, 0.2) is 23.3 Å². The van der Waals surface area contributed by atoms with Gasteiger partial charge in [-0.1, -0.05) is 0 Å². The van der Waals surface area contributed by atoms with Gasteiger partial charge in [0.2, 0.25) is 0 Å². The smallest absolute Gasteiger partial charge is 0.253 e. The number of nitrogens with one attached hydrogen (secondary N) is 1. The van der Waals surface area contributed by atoms with Crippen LogP contribution in [-0.4, -0.2) is 23.6 Å². The van der Waals surface area contributed by atoms with E-state index in [2.05, 4.69) is 32.2 Å². The van der Waals surface area contributed by atoms with Crippen molar-refractivity contribution in [3.8, 4) is 0 Å². The van der Waals surface area contributed by atoms with Gasteiger partial charge in [-0.15, -0.1) is 0 Å². The van der Waals surface area contributed by atoms with Gasteiger partial charge in [-0.3, -0.25) is 9.36 Å². The molecule has 1 aliphatic rings. The van der Waals surface area contributed by atoms with Crippen molar-refractivity contribution in [2.24, 2.45) is 0 Å². The van der Waals surface area contributed by atoms with Gasteiger partial charge in [-0.05, 0) is 19.8 Å². The standard InChI is InChI=1S/C12H17N3O.2ClH/c1-9-4-5-10(8-14(2)3)12-13-7-6-11(16)15(9)12;;/h6-9H,4-5H2,1-3H3;2*1H/p-1/b10-8+;;. The van der Waals surface area contributed by atoms with Crippen LogP contribution in [0.2, 0.25) is 0 Å². The van der Waals surface area contributed by atoms with E-state index in [0.29, 0.717) is 0 Å². The number of aromatic nitrogens is 2. The lowest BCUT2D eigenvalue weighted by atomic mass is 10.0. The Balaban J connectivity index is 0.00000144. The molecular weight excluding hydrogens is 273 g/mol. The topological polar surface area (TPSA) is 39.3 Å². The number of hydrogen-bond donors (Lipinski definition) is 1. The molecule has 2 rings (SSSR count). The molecule has 0 saturated heterocycles. The average molecular weight is 291 g/mol. The summed E-state index contributed by atoms with van der Waals surface area (Å²) in [7, 11) is 4.13. The molecule has 1 unspecified atom stereocenters. The fourth-order valence-electron chi connectivity index (χ4n) is 2.17. The predicted octanol–water partition coefficient (Wildman–Crippen LogP) is -5.91. The number of hydrogen-bond acceptors (Lipinski definition) is 2. The van der Waals surface area contributed by atoms with Gasteiger partial charge in [0.25, 0.3) is 5.56 Å². The molecule has 0 fully saturated rings. The molecule has 4 nitrogen and oxygen atoms in total. The molecule has 0 aliphatic carbocycles. The van der Waals surface area contributed by atoms with Crippen molar-refractivity contribution in [1.29, 1.82) is 0 Å². The summed E-state index contributed by atoms with van der Waals surface area (Å²) in [6, 6.07) is 1.79. The van der Waals surface area contributed by atoms with Crippen LogP contribution in [0.4, 0.5) is 0 Å². The zero-order valence-corrected chi connectivity index (χ0v) is 12.3. The third-order valence-corrected chi connectivity index (χ3v) is 2.90. The Hall–Kier alpha value is -0.840. The van der Waals surface area contributed by atoms with Crippen molar-refractivity contribution in [3.63, 3.8) is 0 Å². The van der Waals surface area contributed by atoms with Crippen LogP contribution >= 0.6 is 0 Å². The van der Waals surface area contributed by atoms with E-state index in [0.717, 1.165) is 18.7 Å². The van der Waals surface area contributed by atoms with E-state index in [4.69, 9.17) is 0 Å². The number of allylic oxidation sites excluding steroid dienone is 1. The highest BCUT2D eigenvalue weighted by Gasteiger charge is 2.22. The minimum Gasteiger partial charge on any atom is -1.00 e. The first kappa shape index (κ1) is 17.2. The minimum atomic E-state index is 0. The number of quaternary nitrogens is 1. The lowest BCUT2D eigenvalue weighted by molar-refractivity contribution is -0.800. The molecule has 1 aromatic rings. The quantitative estimate of drug-likeness (QED) is 0.560. The molecule has 1 aliphatic heterocycles. The third-order valence-electron chi connectivity index (χ3n) is 2.90. The van der Waals surface area contributed by atoms with E-state index in [1.165, 1.54) is 16.5 Å². The summed E-state index contributed by atoms with van der Waals surface area (Å²) >= 11 is 0. The second kappa shape index (κ2) is 6.92. The van der Waals surface area contributed by atoms with Crippen LogP contribution in [0, 0.1) is 0 Å². The van der Waals surface area contributed by atoms with Gasteiger partial charge in [0.1, 0.15) is 12.0 Å². The highest BCUT2D eigenvalue weighted by molar-refractivity contribution is 5.59. The summed E-state index contributed by atoms with van der Waals surface area (Å²) in [4.78, 5) is 17.4. The van der Waals surface area contributed by atoms with E-state index in [-0.39, 0.29) is 36.4 Å². The molecule has 0 saturated carbocycles. The molecule has 0 radical (unpaired) electrons. The van der Waals surface area contributed by atoms with Crippen molar-refractivity contribution in [2.75, 3.05) is 14.1 Å². The van der Waals surface area contributed by atoms with E-state index in [1.807, 2.05) is 0 Å². The van der Waals surface area contributed by atoms with Gasteiger partial charge in [-0.25, -0.2) is 4.98 Å². The highest BCUT2D eigenvalue weighted by Crippen LogP contribution is 2.28. The summed E-state index contributed by atoms with van der Waals surface area (Å²) in [5, 5.41) is 0. The molecule has 18 heavy (non-hydrogen) atoms. The fraction of sp³-hybridized carbons (Fsp3) is 0.500. The SMILES string of the molecule is CC1CC/C(=C\[NH+](C)C)c2nccc(=O)n21.[Cl-].[Cl-]. The minimum absolute atomic E-state index is 0. The van der Waals surface area contributed by atoms with E-state index in [1.54, 1.807) is 10.8 Å². The van der Waals surface area contributed by atoms with Crippen molar-refractivity contribution in [1.82, 2.24) is 9.55 Å². The van der Waals surface area contributed by atoms with Gasteiger partial charge in [0.15, 0.2) is 0 Å². The Morgan fingerprint density at radius 1 is 1.44 bits per heavy atom. The summed E-state index contributed by atoms with van der Waals surface area (Å²) in [5.41, 5.74) is 1.23. The second-order valence-electron chi connectivity index (χ2n) is 4.61. The van der Waals surface area contributed by atoms with E-state index >= 15 is 0 Å². The predicted molar refractivity (Wildman–Crippen MR) is 63.2 cm³/mol. The molecule has 1 aromatic heterocycles. The van der Waals surface area contributed by atoms with Crippen molar-refractivity contribution in [2.45, 2.75) is 25.8 Å². The maximum atomic E-state index is 11.8. The molecule has 1 N–H and O–H groups in total. The molecule has 1 atom stereocenters. The zero-order valence-electron chi connectivity index (χ0n) is 10.8. The maximum Gasteiger partial charge on any atom is 0.253 e. The fourth-order valence-corrected chi connectivity index (χ4v) is 2.17. The van der Waals surface area contributed by atoms with Gasteiger partial charge in [0.05, 0.1) is 14.1 Å². The summed E-state index contributed by atoms with van der Waals surface area (Å²) in [6.45, 7) is 2.08. The molecule has 2 heterocycles. The van der Waals surface area contributed by atoms with Gasteiger partial charge >= 0.3 is 0 Å². The Morgan fingerprint density at radius 2 is 2.11 bits per heavy atom. The van der Waals surface area contributed by atoms with E-state index < -0.39 is 0 Å². The Morgan fingerprint density at radius 3 is 2.72 bits per heavy atom. The lowest BCUT2D eigenvalue weighted by Crippen LogP contribution is -3.00. The molecule has 0 bridgehead atoms. The maximum absolute atomic E-state index is 11.8. The van der Waals surface area contributed by atoms with Gasteiger partial charge < -0.3 is 29.7 Å². The lowest BCUT2D eigenvalue weighted by Gasteiger charge is -2.25. The molecule has 102 valence electrons. The summed E-state index contributed by atoms with van der Waals surface area (Å²) in [6.07, 6.45) is 5.75. The van der Waals surface area contributed by atoms with Crippen LogP contribution < -0.4 is 35.3 Å². The zero-order chi connectivity index (χ0) is 11.7. The first-order valence-corrected chi connectivity index (χ1v) is 5.68. The summed E-state index contributed by atoms with van der Waals surface area (Å²) < 4.78 is 1.80. The van der Waals surface area contributed by atoms with Gasteiger partial charge in [-0.2, -0.15) is 0 Å². The normalized spacial score (nSPS) is 20.0. The average Bonchev–Trinajstić information content (AvgIpc) is 2.22. The van der Waals surface area contributed by atoms with Crippen molar-refractivity contribution >= 4 is 5.57 Å². The van der Waals surface area contributed by atoms with Crippen LogP contribution in [0.3, 0.4) is 0 Å². The van der Waals surface area contributed by atoms with Crippen molar-refractivity contribution < 1.29 is 29.7 Å². The Bertz CT molecular complexity index is 482. The molecule has 0 spiro atoms. The second-order valence-corrected chi connectivity index (χ2v) is 4.61. The number of rotatable bonds is 1. The van der Waals surface area contributed by atoms with Crippen molar-refractivity contribution in [3.05, 3.63) is 34.6 Å². The monoisotopic (exact) mass is 290 g/mol. The highest BCUT2D eigenvalue weighted by atomic mass is 35.5. The number of halogens is 2. The van der Waals surface area contributed by atoms with Crippen LogP contribution in [0.5, 0.6) is 0 Å². The third kappa shape index (κ3) is 3.34. The molecule has 0 amide bonds. The number of nitrogens with zero attached hydrogens (tertiary/aromatic N) is 2. The first-order chi connectivity index (χ1) is 7.59. The number of fused-ring (bicyclic) bond motifs is 1. The van der Waals surface area contributed by atoms with Crippen LogP contribution in [0.1, 0.15) is 31.6 Å².